The number of hydrogen-bond acceptors (Lipinski definition) is 4. The minimum absolute atomic E-state index is 0.0556. The van der Waals surface area contributed by atoms with Gasteiger partial charge in [-0.05, 0) is 12.0 Å². The molecule has 0 radical (unpaired) electrons. The Morgan fingerprint density at radius 2 is 2.12 bits per heavy atom. The third-order valence-corrected chi connectivity index (χ3v) is 4.99. The summed E-state index contributed by atoms with van der Waals surface area (Å²) >= 11 is 0.987. The average molecular weight is 385 g/mol. The number of nitrogens with one attached hydrogen (secondary N) is 1. The van der Waals surface area contributed by atoms with Crippen LogP contribution in [0.4, 0.5) is 13.2 Å². The van der Waals surface area contributed by atoms with Crippen LogP contribution < -0.4 is 5.32 Å². The number of aromatic nitrogens is 4. The van der Waals surface area contributed by atoms with E-state index in [4.69, 9.17) is 0 Å². The van der Waals surface area contributed by atoms with Gasteiger partial charge in [-0.25, -0.2) is 4.98 Å². The van der Waals surface area contributed by atoms with E-state index in [9.17, 15) is 18.0 Å². The van der Waals surface area contributed by atoms with Crippen LogP contribution in [0.15, 0.2) is 18.6 Å². The molecule has 26 heavy (non-hydrogen) atoms. The van der Waals surface area contributed by atoms with Gasteiger partial charge in [-0.1, -0.05) is 13.8 Å². The van der Waals surface area contributed by atoms with Crippen LogP contribution >= 0.6 is 11.3 Å². The largest absolute Gasteiger partial charge is 0.435 e. The predicted octanol–water partition coefficient (Wildman–Crippen LogP) is 3.44. The number of nitrogens with zero attached hydrogens (tertiary/aromatic N) is 4. The zero-order chi connectivity index (χ0) is 19.1. The quantitative estimate of drug-likeness (QED) is 0.732. The second kappa shape index (κ2) is 6.75. The summed E-state index contributed by atoms with van der Waals surface area (Å²) in [5, 5.41) is 6.19. The van der Waals surface area contributed by atoms with E-state index in [2.05, 4.69) is 29.2 Å². The Kier molecular flexibility index (Phi) is 4.78. The van der Waals surface area contributed by atoms with E-state index in [0.29, 0.717) is 10.7 Å². The molecule has 0 saturated heterocycles. The van der Waals surface area contributed by atoms with Gasteiger partial charge in [0.25, 0.3) is 5.91 Å². The lowest BCUT2D eigenvalue weighted by molar-refractivity contribution is -0.140. The molecule has 0 atom stereocenters. The highest BCUT2D eigenvalue weighted by molar-refractivity contribution is 7.20. The number of halogens is 3. The highest BCUT2D eigenvalue weighted by Crippen LogP contribution is 2.37. The average Bonchev–Trinajstić information content (AvgIpc) is 3.20. The van der Waals surface area contributed by atoms with Gasteiger partial charge in [0.05, 0.1) is 23.4 Å². The number of carbonyl (C=O) groups is 1. The number of hydrogen-bond donors (Lipinski definition) is 1. The first-order valence-corrected chi connectivity index (χ1v) is 8.79. The molecule has 0 aliphatic rings. The summed E-state index contributed by atoms with van der Waals surface area (Å²) in [5.41, 5.74) is -0.133. The summed E-state index contributed by atoms with van der Waals surface area (Å²) in [4.78, 5) is 17.0. The van der Waals surface area contributed by atoms with E-state index in [-0.39, 0.29) is 16.8 Å². The van der Waals surface area contributed by atoms with Crippen molar-refractivity contribution in [1.29, 1.82) is 0 Å². The molecule has 0 unspecified atom stereocenters. The fourth-order valence-corrected chi connectivity index (χ4v) is 3.66. The van der Waals surface area contributed by atoms with E-state index in [0.717, 1.165) is 28.3 Å². The number of rotatable bonds is 5. The highest BCUT2D eigenvalue weighted by Gasteiger charge is 2.37. The van der Waals surface area contributed by atoms with Crippen LogP contribution in [0.1, 0.15) is 34.9 Å². The molecule has 3 aromatic rings. The van der Waals surface area contributed by atoms with Crippen molar-refractivity contribution in [3.63, 3.8) is 0 Å². The molecule has 10 heteroatoms. The first-order valence-electron chi connectivity index (χ1n) is 7.97. The molecule has 3 heterocycles. The van der Waals surface area contributed by atoms with Crippen molar-refractivity contribution >= 4 is 27.5 Å². The van der Waals surface area contributed by atoms with Crippen LogP contribution in [0.5, 0.6) is 0 Å². The Labute approximate surface area is 151 Å². The molecule has 3 rings (SSSR count). The fraction of sp³-hybridized carbons (Fsp3) is 0.438. The smallest absolute Gasteiger partial charge is 0.346 e. The molecule has 0 aliphatic heterocycles. The van der Waals surface area contributed by atoms with E-state index < -0.39 is 17.8 Å². The third kappa shape index (κ3) is 3.59. The van der Waals surface area contributed by atoms with Gasteiger partial charge in [0.15, 0.2) is 5.69 Å². The van der Waals surface area contributed by atoms with Crippen molar-refractivity contribution in [2.24, 2.45) is 13.0 Å². The first kappa shape index (κ1) is 18.4. The minimum Gasteiger partial charge on any atom is -0.346 e. The highest BCUT2D eigenvalue weighted by atomic mass is 32.1. The molecular weight excluding hydrogens is 367 g/mol. The molecule has 0 aromatic carbocycles. The van der Waals surface area contributed by atoms with Gasteiger partial charge in [0.1, 0.15) is 4.83 Å². The monoisotopic (exact) mass is 385 g/mol. The standard InChI is InChI=1S/C16H18F3N5OS/c1-9(2)7-24-8-20-5-10(24)6-21-14(25)12-4-11-13(16(17,18)19)22-23(3)15(11)26-12/h4-5,8-9H,6-7H2,1-3H3,(H,21,25). The molecule has 1 amide bonds. The van der Waals surface area contributed by atoms with Crippen LogP contribution in [0.25, 0.3) is 10.2 Å². The normalized spacial score (nSPS) is 12.3. The van der Waals surface area contributed by atoms with Crippen LogP contribution in [0, 0.1) is 5.92 Å². The number of fused-ring (bicyclic) bond motifs is 1. The van der Waals surface area contributed by atoms with E-state index in [1.807, 2.05) is 4.57 Å². The van der Waals surface area contributed by atoms with E-state index in [1.165, 1.54) is 13.1 Å². The molecule has 0 spiro atoms. The Morgan fingerprint density at radius 1 is 1.38 bits per heavy atom. The lowest BCUT2D eigenvalue weighted by Crippen LogP contribution is -2.23. The minimum atomic E-state index is -4.56. The summed E-state index contributed by atoms with van der Waals surface area (Å²) in [6.07, 6.45) is -1.20. The SMILES string of the molecule is CC(C)Cn1cncc1CNC(=O)c1cc2c(C(F)(F)F)nn(C)c2s1. The molecule has 1 N–H and O–H groups in total. The third-order valence-electron chi connectivity index (χ3n) is 3.79. The first-order chi connectivity index (χ1) is 12.2. The van der Waals surface area contributed by atoms with Crippen molar-refractivity contribution in [2.75, 3.05) is 0 Å². The maximum atomic E-state index is 13.0. The number of alkyl halides is 3. The lowest BCUT2D eigenvalue weighted by atomic mass is 10.2. The van der Waals surface area contributed by atoms with Crippen molar-refractivity contribution in [3.05, 3.63) is 34.9 Å². The molecule has 0 fully saturated rings. The van der Waals surface area contributed by atoms with Gasteiger partial charge < -0.3 is 9.88 Å². The molecule has 0 bridgehead atoms. The maximum absolute atomic E-state index is 13.0. The van der Waals surface area contributed by atoms with Crippen LogP contribution in [-0.2, 0) is 26.3 Å². The zero-order valence-corrected chi connectivity index (χ0v) is 15.3. The Morgan fingerprint density at radius 3 is 2.77 bits per heavy atom. The summed E-state index contributed by atoms with van der Waals surface area (Å²) < 4.78 is 42.2. The summed E-state index contributed by atoms with van der Waals surface area (Å²) in [5.74, 6) is 0.00570. The molecule has 6 nitrogen and oxygen atoms in total. The Balaban J connectivity index is 1.78. The summed E-state index contributed by atoms with van der Waals surface area (Å²) in [7, 11) is 1.43. The van der Waals surface area contributed by atoms with Crippen molar-refractivity contribution in [3.8, 4) is 0 Å². The number of thiophene rings is 1. The summed E-state index contributed by atoms with van der Waals surface area (Å²) in [6.45, 7) is 5.18. The van der Waals surface area contributed by atoms with Gasteiger partial charge in [-0.2, -0.15) is 18.3 Å². The van der Waals surface area contributed by atoms with Gasteiger partial charge in [-0.15, -0.1) is 11.3 Å². The Hall–Kier alpha value is -2.36. The van der Waals surface area contributed by atoms with Gasteiger partial charge in [0.2, 0.25) is 0 Å². The van der Waals surface area contributed by atoms with E-state index >= 15 is 0 Å². The second-order valence-corrected chi connectivity index (χ2v) is 7.44. The van der Waals surface area contributed by atoms with Crippen LogP contribution in [0.3, 0.4) is 0 Å². The van der Waals surface area contributed by atoms with Crippen molar-refractivity contribution in [1.82, 2.24) is 24.6 Å². The molecule has 0 aliphatic carbocycles. The topological polar surface area (TPSA) is 64.7 Å². The van der Waals surface area contributed by atoms with Crippen molar-refractivity contribution in [2.45, 2.75) is 33.1 Å². The van der Waals surface area contributed by atoms with Crippen molar-refractivity contribution < 1.29 is 18.0 Å². The summed E-state index contributed by atoms with van der Waals surface area (Å²) in [6, 6.07) is 1.25. The maximum Gasteiger partial charge on any atom is 0.435 e. The number of imidazole rings is 1. The second-order valence-electron chi connectivity index (χ2n) is 6.41. The van der Waals surface area contributed by atoms with Gasteiger partial charge in [0, 0.05) is 25.2 Å². The number of aryl methyl sites for hydroxylation is 1. The number of carbonyl (C=O) groups excluding carboxylic acids is 1. The zero-order valence-electron chi connectivity index (χ0n) is 14.5. The Bertz CT molecular complexity index is 938. The van der Waals surface area contributed by atoms with Crippen LogP contribution in [0.2, 0.25) is 0 Å². The van der Waals surface area contributed by atoms with Gasteiger partial charge in [-0.3, -0.25) is 9.48 Å². The molecular formula is C16H18F3N5OS. The van der Waals surface area contributed by atoms with E-state index in [1.54, 1.807) is 12.5 Å². The molecule has 0 saturated carbocycles. The molecule has 3 aromatic heterocycles. The van der Waals surface area contributed by atoms with Crippen LogP contribution in [-0.4, -0.2) is 25.2 Å². The number of amides is 1. The molecule has 140 valence electrons. The predicted molar refractivity (Wildman–Crippen MR) is 91.8 cm³/mol. The van der Waals surface area contributed by atoms with Gasteiger partial charge >= 0.3 is 6.18 Å². The lowest BCUT2D eigenvalue weighted by Gasteiger charge is -2.11. The fourth-order valence-electron chi connectivity index (χ4n) is 2.67.